The number of para-hydroxylation sites is 1. The van der Waals surface area contributed by atoms with Crippen LogP contribution >= 0.6 is 23.4 Å². The minimum absolute atomic E-state index is 0.111. The molecule has 1 aliphatic rings. The second-order valence-electron chi connectivity index (χ2n) is 8.33. The number of thioether (sulfide) groups is 1. The van der Waals surface area contributed by atoms with Crippen LogP contribution in [0.4, 0.5) is 11.5 Å². The van der Waals surface area contributed by atoms with Crippen LogP contribution in [0, 0.1) is 6.92 Å². The predicted molar refractivity (Wildman–Crippen MR) is 143 cm³/mol. The Labute approximate surface area is 215 Å². The Morgan fingerprint density at radius 1 is 1.06 bits per heavy atom. The molecule has 0 radical (unpaired) electrons. The molecule has 0 bridgehead atoms. The molecule has 2 aromatic carbocycles. The lowest BCUT2D eigenvalue weighted by molar-refractivity contribution is 0.0937. The van der Waals surface area contributed by atoms with Crippen molar-refractivity contribution in [3.63, 3.8) is 0 Å². The Morgan fingerprint density at radius 2 is 1.83 bits per heavy atom. The van der Waals surface area contributed by atoms with E-state index in [4.69, 9.17) is 21.3 Å². The Bertz CT molecular complexity index is 1150. The van der Waals surface area contributed by atoms with Gasteiger partial charge in [0.15, 0.2) is 5.16 Å². The third-order valence-corrected chi connectivity index (χ3v) is 6.98. The molecule has 0 atom stereocenters. The second kappa shape index (κ2) is 12.2. The fraction of sp³-hybridized carbons (Fsp3) is 0.346. The summed E-state index contributed by atoms with van der Waals surface area (Å²) in [4.78, 5) is 26.2. The number of carbonyl (C=O) groups is 1. The number of nitrogens with zero attached hydrogens (tertiary/aromatic N) is 4. The number of hydrogen-bond acceptors (Lipinski definition) is 7. The molecule has 4 rings (SSSR count). The standard InChI is InChI=1S/C26H30ClN5O2S/c1-19-6-3-4-9-22(19)31-11-13-32(14-12-31)24-17-23(27)29-26(30-24)35-18-20-7-5-8-21(16-20)25(33)28-10-15-34-2/h3-9,16-17H,10-15,18H2,1-2H3,(H,28,33). The molecular weight excluding hydrogens is 482 g/mol. The number of piperazine rings is 1. The number of aryl methyl sites for hydroxylation is 1. The van der Waals surface area contributed by atoms with Crippen LogP contribution < -0.4 is 15.1 Å². The molecule has 184 valence electrons. The van der Waals surface area contributed by atoms with Crippen LogP contribution in [-0.4, -0.2) is 62.3 Å². The molecule has 1 aliphatic heterocycles. The third kappa shape index (κ3) is 6.87. The topological polar surface area (TPSA) is 70.6 Å². The number of halogens is 1. The van der Waals surface area contributed by atoms with E-state index in [0.29, 0.717) is 34.8 Å². The van der Waals surface area contributed by atoms with Gasteiger partial charge in [-0.1, -0.05) is 53.7 Å². The quantitative estimate of drug-likeness (QED) is 0.197. The average molecular weight is 512 g/mol. The number of carbonyl (C=O) groups excluding carboxylic acids is 1. The predicted octanol–water partition coefficient (Wildman–Crippen LogP) is 4.43. The fourth-order valence-corrected chi connectivity index (χ4v) is 5.05. The van der Waals surface area contributed by atoms with E-state index in [1.165, 1.54) is 23.0 Å². The lowest BCUT2D eigenvalue weighted by Crippen LogP contribution is -2.47. The first-order chi connectivity index (χ1) is 17.0. The molecule has 0 unspecified atom stereocenters. The van der Waals surface area contributed by atoms with Gasteiger partial charge < -0.3 is 19.9 Å². The number of methoxy groups -OCH3 is 1. The van der Waals surface area contributed by atoms with Gasteiger partial charge in [-0.3, -0.25) is 4.79 Å². The zero-order valence-corrected chi connectivity index (χ0v) is 21.6. The zero-order valence-electron chi connectivity index (χ0n) is 20.0. The molecule has 1 saturated heterocycles. The van der Waals surface area contributed by atoms with Crippen LogP contribution in [0.3, 0.4) is 0 Å². The molecule has 1 N–H and O–H groups in total. The number of nitrogens with one attached hydrogen (secondary N) is 1. The van der Waals surface area contributed by atoms with Crippen LogP contribution in [0.25, 0.3) is 0 Å². The molecule has 0 aliphatic carbocycles. The number of aromatic nitrogens is 2. The maximum absolute atomic E-state index is 12.3. The first kappa shape index (κ1) is 25.3. The highest BCUT2D eigenvalue weighted by atomic mass is 35.5. The van der Waals surface area contributed by atoms with Crippen molar-refractivity contribution < 1.29 is 9.53 Å². The van der Waals surface area contributed by atoms with Crippen LogP contribution in [0.5, 0.6) is 0 Å². The summed E-state index contributed by atoms with van der Waals surface area (Å²) in [5, 5.41) is 3.91. The second-order valence-corrected chi connectivity index (χ2v) is 9.66. The Balaban J connectivity index is 1.37. The molecule has 2 heterocycles. The van der Waals surface area contributed by atoms with E-state index >= 15 is 0 Å². The molecule has 1 amide bonds. The molecule has 1 fully saturated rings. The summed E-state index contributed by atoms with van der Waals surface area (Å²) in [6.45, 7) is 6.70. The monoisotopic (exact) mass is 511 g/mol. The van der Waals surface area contributed by atoms with E-state index in [2.05, 4.69) is 51.3 Å². The van der Waals surface area contributed by atoms with Crippen molar-refractivity contribution in [2.75, 3.05) is 56.2 Å². The van der Waals surface area contributed by atoms with Gasteiger partial charge in [0.05, 0.1) is 6.61 Å². The van der Waals surface area contributed by atoms with Crippen molar-refractivity contribution in [2.24, 2.45) is 0 Å². The van der Waals surface area contributed by atoms with Crippen molar-refractivity contribution >= 4 is 40.8 Å². The van der Waals surface area contributed by atoms with Crippen molar-refractivity contribution in [1.82, 2.24) is 15.3 Å². The first-order valence-corrected chi connectivity index (χ1v) is 13.0. The number of amides is 1. The van der Waals surface area contributed by atoms with Crippen LogP contribution in [-0.2, 0) is 10.5 Å². The van der Waals surface area contributed by atoms with Crippen LogP contribution in [0.1, 0.15) is 21.5 Å². The zero-order chi connectivity index (χ0) is 24.6. The number of benzene rings is 2. The van der Waals surface area contributed by atoms with Gasteiger partial charge in [0, 0.05) is 62.9 Å². The van der Waals surface area contributed by atoms with Gasteiger partial charge >= 0.3 is 0 Å². The highest BCUT2D eigenvalue weighted by molar-refractivity contribution is 7.98. The average Bonchev–Trinajstić information content (AvgIpc) is 2.88. The maximum atomic E-state index is 12.3. The van der Waals surface area contributed by atoms with Crippen molar-refractivity contribution in [2.45, 2.75) is 17.8 Å². The fourth-order valence-electron chi connectivity index (χ4n) is 4.03. The summed E-state index contributed by atoms with van der Waals surface area (Å²) in [6, 6.07) is 17.9. The molecule has 35 heavy (non-hydrogen) atoms. The van der Waals surface area contributed by atoms with Gasteiger partial charge in [0.2, 0.25) is 0 Å². The van der Waals surface area contributed by atoms with Gasteiger partial charge in [-0.05, 0) is 36.2 Å². The summed E-state index contributed by atoms with van der Waals surface area (Å²) >= 11 is 7.87. The summed E-state index contributed by atoms with van der Waals surface area (Å²) in [5.74, 6) is 1.38. The van der Waals surface area contributed by atoms with E-state index < -0.39 is 0 Å². The Morgan fingerprint density at radius 3 is 2.60 bits per heavy atom. The molecule has 0 spiro atoms. The summed E-state index contributed by atoms with van der Waals surface area (Å²) < 4.78 is 4.98. The molecule has 1 aromatic heterocycles. The Kier molecular flexibility index (Phi) is 8.84. The number of anilines is 2. The normalized spacial score (nSPS) is 13.7. The highest BCUT2D eigenvalue weighted by Gasteiger charge is 2.20. The number of hydrogen-bond donors (Lipinski definition) is 1. The summed E-state index contributed by atoms with van der Waals surface area (Å²) in [7, 11) is 1.61. The van der Waals surface area contributed by atoms with Crippen LogP contribution in [0.2, 0.25) is 5.15 Å². The maximum Gasteiger partial charge on any atom is 0.251 e. The third-order valence-electron chi connectivity index (χ3n) is 5.87. The SMILES string of the molecule is COCCNC(=O)c1cccc(CSc2nc(Cl)cc(N3CCN(c4ccccc4C)CC3)n2)c1. The van der Waals surface area contributed by atoms with E-state index in [0.717, 1.165) is 37.6 Å². The molecule has 9 heteroatoms. The van der Waals surface area contributed by atoms with Crippen molar-refractivity contribution in [3.8, 4) is 0 Å². The van der Waals surface area contributed by atoms with E-state index in [1.54, 1.807) is 13.2 Å². The minimum atomic E-state index is -0.111. The Hall–Kier alpha value is -2.81. The van der Waals surface area contributed by atoms with Gasteiger partial charge in [-0.25, -0.2) is 9.97 Å². The minimum Gasteiger partial charge on any atom is -0.383 e. The largest absolute Gasteiger partial charge is 0.383 e. The van der Waals surface area contributed by atoms with Crippen molar-refractivity contribution in [1.29, 1.82) is 0 Å². The summed E-state index contributed by atoms with van der Waals surface area (Å²) in [5.41, 5.74) is 4.23. The summed E-state index contributed by atoms with van der Waals surface area (Å²) in [6.07, 6.45) is 0. The number of rotatable bonds is 9. The first-order valence-electron chi connectivity index (χ1n) is 11.6. The van der Waals surface area contributed by atoms with E-state index in [-0.39, 0.29) is 5.91 Å². The lowest BCUT2D eigenvalue weighted by atomic mass is 10.1. The van der Waals surface area contributed by atoms with Gasteiger partial charge in [-0.2, -0.15) is 0 Å². The van der Waals surface area contributed by atoms with Gasteiger partial charge in [0.1, 0.15) is 11.0 Å². The van der Waals surface area contributed by atoms with E-state index in [1.807, 2.05) is 24.3 Å². The van der Waals surface area contributed by atoms with E-state index in [9.17, 15) is 4.79 Å². The molecule has 0 saturated carbocycles. The van der Waals surface area contributed by atoms with Crippen molar-refractivity contribution in [3.05, 3.63) is 76.4 Å². The molecule has 7 nitrogen and oxygen atoms in total. The highest BCUT2D eigenvalue weighted by Crippen LogP contribution is 2.27. The molecule has 3 aromatic rings. The van der Waals surface area contributed by atoms with Crippen LogP contribution in [0.15, 0.2) is 59.8 Å². The number of ether oxygens (including phenoxy) is 1. The smallest absolute Gasteiger partial charge is 0.251 e. The molecular formula is C26H30ClN5O2S. The van der Waals surface area contributed by atoms with Gasteiger partial charge in [0.25, 0.3) is 5.91 Å². The lowest BCUT2D eigenvalue weighted by Gasteiger charge is -2.37. The van der Waals surface area contributed by atoms with Gasteiger partial charge in [-0.15, -0.1) is 0 Å².